The van der Waals surface area contributed by atoms with Crippen LogP contribution in [0.1, 0.15) is 38.2 Å². The molecule has 0 saturated heterocycles. The summed E-state index contributed by atoms with van der Waals surface area (Å²) in [6.07, 6.45) is 1.99. The van der Waals surface area contributed by atoms with Crippen LogP contribution in [0, 0.1) is 5.92 Å². The van der Waals surface area contributed by atoms with Gasteiger partial charge in [0, 0.05) is 5.92 Å². The third-order valence-corrected chi connectivity index (χ3v) is 4.40. The summed E-state index contributed by atoms with van der Waals surface area (Å²) < 4.78 is 5.07. The molecular weight excluding hydrogens is 298 g/mol. The van der Waals surface area contributed by atoms with E-state index in [1.807, 2.05) is 30.3 Å². The Labute approximate surface area is 135 Å². The number of rotatable bonds is 5. The molecule has 3 atom stereocenters. The largest absolute Gasteiger partial charge is 0.480 e. The van der Waals surface area contributed by atoms with Crippen LogP contribution in [0.3, 0.4) is 0 Å². The van der Waals surface area contributed by atoms with Gasteiger partial charge in [0.15, 0.2) is 0 Å². The van der Waals surface area contributed by atoms with Gasteiger partial charge in [-0.05, 0) is 25.3 Å². The Hall–Kier alpha value is -2.08. The first kappa shape index (κ1) is 17.3. The van der Waals surface area contributed by atoms with E-state index in [2.05, 4.69) is 5.32 Å². The van der Waals surface area contributed by atoms with Crippen LogP contribution in [0.4, 0.5) is 4.79 Å². The van der Waals surface area contributed by atoms with E-state index in [0.717, 1.165) is 18.4 Å². The van der Waals surface area contributed by atoms with Crippen molar-refractivity contribution in [1.82, 2.24) is 5.32 Å². The van der Waals surface area contributed by atoms with Gasteiger partial charge in [0.25, 0.3) is 0 Å². The van der Waals surface area contributed by atoms with E-state index in [9.17, 15) is 19.8 Å². The summed E-state index contributed by atoms with van der Waals surface area (Å²) in [5.41, 5.74) is -0.284. The summed E-state index contributed by atoms with van der Waals surface area (Å²) in [6.45, 7) is 1.70. The standard InChI is InChI=1S/C17H23NO5/c1-17(22)10-6-5-9-13(17)14(15(19)20)18-16(21)23-11-12-7-3-2-4-8-12/h2-4,7-8,13-14,22H,5-6,9-11H2,1H3,(H,18,21)(H,19,20). The molecule has 23 heavy (non-hydrogen) atoms. The minimum Gasteiger partial charge on any atom is -0.480 e. The number of amides is 1. The Morgan fingerprint density at radius 2 is 2.04 bits per heavy atom. The van der Waals surface area contributed by atoms with Gasteiger partial charge in [-0.25, -0.2) is 9.59 Å². The number of ether oxygens (including phenoxy) is 1. The van der Waals surface area contributed by atoms with Gasteiger partial charge in [-0.2, -0.15) is 0 Å². The minimum absolute atomic E-state index is 0.0695. The van der Waals surface area contributed by atoms with E-state index in [1.54, 1.807) is 6.92 Å². The Balaban J connectivity index is 1.96. The molecular formula is C17H23NO5. The molecule has 126 valence electrons. The number of aliphatic hydroxyl groups is 1. The highest BCUT2D eigenvalue weighted by molar-refractivity contribution is 5.80. The van der Waals surface area contributed by atoms with Gasteiger partial charge < -0.3 is 20.3 Å². The van der Waals surface area contributed by atoms with Gasteiger partial charge in [0.05, 0.1) is 5.60 Å². The number of carbonyl (C=O) groups is 2. The summed E-state index contributed by atoms with van der Waals surface area (Å²) in [7, 11) is 0. The zero-order chi connectivity index (χ0) is 16.9. The quantitative estimate of drug-likeness (QED) is 0.773. The fourth-order valence-electron chi connectivity index (χ4n) is 3.10. The lowest BCUT2D eigenvalue weighted by molar-refractivity contribution is -0.146. The fourth-order valence-corrected chi connectivity index (χ4v) is 3.10. The van der Waals surface area contributed by atoms with Gasteiger partial charge >= 0.3 is 12.1 Å². The normalized spacial score (nSPS) is 25.4. The molecule has 3 N–H and O–H groups in total. The number of hydrogen-bond donors (Lipinski definition) is 3. The van der Waals surface area contributed by atoms with Crippen molar-refractivity contribution in [3.8, 4) is 0 Å². The maximum atomic E-state index is 11.9. The van der Waals surface area contributed by atoms with Crippen molar-refractivity contribution in [2.24, 2.45) is 5.92 Å². The van der Waals surface area contributed by atoms with Crippen LogP contribution >= 0.6 is 0 Å². The summed E-state index contributed by atoms with van der Waals surface area (Å²) in [5.74, 6) is -1.69. The van der Waals surface area contributed by atoms with Crippen LogP contribution < -0.4 is 5.32 Å². The molecule has 1 aromatic carbocycles. The second-order valence-electron chi connectivity index (χ2n) is 6.23. The lowest BCUT2D eigenvalue weighted by atomic mass is 9.73. The van der Waals surface area contributed by atoms with E-state index >= 15 is 0 Å². The summed E-state index contributed by atoms with van der Waals surface area (Å²) >= 11 is 0. The molecule has 1 fully saturated rings. The first-order chi connectivity index (χ1) is 10.9. The average molecular weight is 321 g/mol. The Bertz CT molecular complexity index is 543. The lowest BCUT2D eigenvalue weighted by Crippen LogP contribution is -2.54. The van der Waals surface area contributed by atoms with Crippen LogP contribution in [0.25, 0.3) is 0 Å². The van der Waals surface area contributed by atoms with E-state index < -0.39 is 29.6 Å². The van der Waals surface area contributed by atoms with Crippen molar-refractivity contribution in [3.05, 3.63) is 35.9 Å². The number of aliphatic carboxylic acids is 1. The highest BCUT2D eigenvalue weighted by Crippen LogP contribution is 2.35. The molecule has 0 bridgehead atoms. The van der Waals surface area contributed by atoms with Crippen molar-refractivity contribution in [2.75, 3.05) is 0 Å². The number of carboxylic acids is 1. The molecule has 1 aliphatic rings. The van der Waals surface area contributed by atoms with Crippen LogP contribution in [0.15, 0.2) is 30.3 Å². The molecule has 0 radical (unpaired) electrons. The van der Waals surface area contributed by atoms with Gasteiger partial charge in [-0.3, -0.25) is 0 Å². The molecule has 1 aromatic rings. The zero-order valence-corrected chi connectivity index (χ0v) is 13.2. The molecule has 3 unspecified atom stereocenters. The molecule has 6 nitrogen and oxygen atoms in total. The number of carbonyl (C=O) groups excluding carboxylic acids is 1. The molecule has 2 rings (SSSR count). The second kappa shape index (κ2) is 7.46. The van der Waals surface area contributed by atoms with Crippen LogP contribution in [-0.4, -0.2) is 33.9 Å². The third kappa shape index (κ3) is 4.69. The number of alkyl carbamates (subject to hydrolysis) is 1. The number of nitrogens with one attached hydrogen (secondary N) is 1. The van der Waals surface area contributed by atoms with E-state index in [4.69, 9.17) is 4.74 Å². The fraction of sp³-hybridized carbons (Fsp3) is 0.529. The van der Waals surface area contributed by atoms with Crippen molar-refractivity contribution in [1.29, 1.82) is 0 Å². The highest BCUT2D eigenvalue weighted by Gasteiger charge is 2.43. The monoisotopic (exact) mass is 321 g/mol. The van der Waals surface area contributed by atoms with Crippen molar-refractivity contribution < 1.29 is 24.5 Å². The van der Waals surface area contributed by atoms with Gasteiger partial charge in [0.2, 0.25) is 0 Å². The predicted molar refractivity (Wildman–Crippen MR) is 83.8 cm³/mol. The van der Waals surface area contributed by atoms with Crippen molar-refractivity contribution >= 4 is 12.1 Å². The number of carboxylic acid groups (broad SMARTS) is 1. The molecule has 0 aromatic heterocycles. The zero-order valence-electron chi connectivity index (χ0n) is 13.2. The predicted octanol–water partition coefficient (Wildman–Crippen LogP) is 2.31. The van der Waals surface area contributed by atoms with Crippen molar-refractivity contribution in [3.63, 3.8) is 0 Å². The van der Waals surface area contributed by atoms with Crippen LogP contribution in [0.2, 0.25) is 0 Å². The first-order valence-electron chi connectivity index (χ1n) is 7.82. The molecule has 1 aliphatic carbocycles. The maximum Gasteiger partial charge on any atom is 0.408 e. The molecule has 6 heteroatoms. The summed E-state index contributed by atoms with van der Waals surface area (Å²) in [5, 5.41) is 22.2. The SMILES string of the molecule is CC1(O)CCCCC1C(NC(=O)OCc1ccccc1)C(=O)O. The molecule has 0 heterocycles. The molecule has 1 saturated carbocycles. The molecule has 0 spiro atoms. The molecule has 0 aliphatic heterocycles. The van der Waals surface area contributed by atoms with Crippen LogP contribution in [0.5, 0.6) is 0 Å². The summed E-state index contributed by atoms with van der Waals surface area (Å²) in [4.78, 5) is 23.4. The number of benzene rings is 1. The van der Waals surface area contributed by atoms with Crippen LogP contribution in [-0.2, 0) is 16.1 Å². The van der Waals surface area contributed by atoms with Gasteiger partial charge in [-0.15, -0.1) is 0 Å². The van der Waals surface area contributed by atoms with E-state index in [-0.39, 0.29) is 6.61 Å². The molecule has 1 amide bonds. The van der Waals surface area contributed by atoms with E-state index in [0.29, 0.717) is 12.8 Å². The van der Waals surface area contributed by atoms with Crippen molar-refractivity contribution in [2.45, 2.75) is 50.9 Å². The minimum atomic E-state index is -1.16. The van der Waals surface area contributed by atoms with Gasteiger partial charge in [0.1, 0.15) is 12.6 Å². The maximum absolute atomic E-state index is 11.9. The lowest BCUT2D eigenvalue weighted by Gasteiger charge is -2.40. The average Bonchev–Trinajstić information content (AvgIpc) is 2.51. The Kier molecular flexibility index (Phi) is 5.60. The first-order valence-corrected chi connectivity index (χ1v) is 7.82. The topological polar surface area (TPSA) is 95.9 Å². The van der Waals surface area contributed by atoms with E-state index in [1.165, 1.54) is 0 Å². The smallest absolute Gasteiger partial charge is 0.408 e. The van der Waals surface area contributed by atoms with Gasteiger partial charge in [-0.1, -0.05) is 43.2 Å². The summed E-state index contributed by atoms with van der Waals surface area (Å²) in [6, 6.07) is 7.98. The third-order valence-electron chi connectivity index (χ3n) is 4.40. The Morgan fingerprint density at radius 3 is 2.65 bits per heavy atom. The number of hydrogen-bond acceptors (Lipinski definition) is 4. The second-order valence-corrected chi connectivity index (χ2v) is 6.23. The Morgan fingerprint density at radius 1 is 1.35 bits per heavy atom. The highest BCUT2D eigenvalue weighted by atomic mass is 16.5.